The van der Waals surface area contributed by atoms with Crippen LogP contribution in [0.5, 0.6) is 23.0 Å². The van der Waals surface area contributed by atoms with Crippen LogP contribution in [0.2, 0.25) is 0 Å². The topological polar surface area (TPSA) is 116 Å². The lowest BCUT2D eigenvalue weighted by atomic mass is 10.2. The van der Waals surface area contributed by atoms with E-state index in [0.717, 1.165) is 16.1 Å². The van der Waals surface area contributed by atoms with E-state index in [1.807, 2.05) is 37.3 Å². The Morgan fingerprint density at radius 2 is 1.63 bits per heavy atom. The number of methoxy groups -OCH3 is 2. The number of anilines is 1. The normalized spacial score (nSPS) is 11.2. The van der Waals surface area contributed by atoms with E-state index in [0.29, 0.717) is 41.8 Å². The monoisotopic (exact) mass is 541 g/mol. The van der Waals surface area contributed by atoms with Crippen molar-refractivity contribution in [3.63, 3.8) is 0 Å². The van der Waals surface area contributed by atoms with Gasteiger partial charge in [-0.3, -0.25) is 9.10 Å². The fourth-order valence-electron chi connectivity index (χ4n) is 3.45. The van der Waals surface area contributed by atoms with Gasteiger partial charge in [0.25, 0.3) is 5.91 Å². The number of hydrogen-bond acceptors (Lipinski definition) is 8. The third-order valence-corrected chi connectivity index (χ3v) is 6.39. The molecular weight excluding hydrogens is 510 g/mol. The van der Waals surface area contributed by atoms with Crippen molar-refractivity contribution in [1.82, 2.24) is 5.43 Å². The standard InChI is InChI=1S/C27H31N3O7S/c1-5-36-26-15-21(11-13-24(26)37-19-20-9-7-6-8-10-20)17-28-29-27(31)18-30(38(4,32)33)22-12-14-23(34-2)25(16-22)35-3/h6-17H,5,18-19H2,1-4H3,(H,29,31)/b28-17-. The number of hydrazone groups is 1. The summed E-state index contributed by atoms with van der Waals surface area (Å²) in [5.74, 6) is 1.25. The lowest BCUT2D eigenvalue weighted by Crippen LogP contribution is -2.39. The number of hydrogen-bond donors (Lipinski definition) is 1. The van der Waals surface area contributed by atoms with Gasteiger partial charge in [-0.15, -0.1) is 0 Å². The number of rotatable bonds is 13. The maximum absolute atomic E-state index is 12.6. The zero-order valence-electron chi connectivity index (χ0n) is 21.7. The average molecular weight is 542 g/mol. The van der Waals surface area contributed by atoms with Gasteiger partial charge in [-0.05, 0) is 48.4 Å². The molecular formula is C27H31N3O7S. The molecule has 3 aromatic rings. The highest BCUT2D eigenvalue weighted by atomic mass is 32.2. The van der Waals surface area contributed by atoms with Crippen molar-refractivity contribution in [2.45, 2.75) is 13.5 Å². The van der Waals surface area contributed by atoms with Crippen LogP contribution in [0.1, 0.15) is 18.1 Å². The molecule has 0 atom stereocenters. The zero-order valence-corrected chi connectivity index (χ0v) is 22.5. The Bertz CT molecular complexity index is 1360. The molecule has 0 radical (unpaired) electrons. The molecule has 3 aromatic carbocycles. The molecule has 38 heavy (non-hydrogen) atoms. The third kappa shape index (κ3) is 7.87. The Morgan fingerprint density at radius 3 is 2.29 bits per heavy atom. The first kappa shape index (κ1) is 28.3. The second kappa shape index (κ2) is 13.3. The van der Waals surface area contributed by atoms with Gasteiger partial charge < -0.3 is 18.9 Å². The Balaban J connectivity index is 1.68. The smallest absolute Gasteiger partial charge is 0.260 e. The van der Waals surface area contributed by atoms with Crippen LogP contribution < -0.4 is 28.7 Å². The molecule has 0 aromatic heterocycles. The first-order chi connectivity index (χ1) is 18.2. The highest BCUT2D eigenvalue weighted by Crippen LogP contribution is 2.32. The van der Waals surface area contributed by atoms with E-state index < -0.39 is 22.5 Å². The van der Waals surface area contributed by atoms with E-state index in [4.69, 9.17) is 18.9 Å². The minimum absolute atomic E-state index is 0.247. The second-order valence-corrected chi connectivity index (χ2v) is 9.92. The van der Waals surface area contributed by atoms with E-state index in [1.165, 1.54) is 32.6 Å². The molecule has 0 unspecified atom stereocenters. The van der Waals surface area contributed by atoms with Crippen LogP contribution in [-0.4, -0.2) is 54.2 Å². The fraction of sp³-hybridized carbons (Fsp3) is 0.259. The lowest BCUT2D eigenvalue weighted by Gasteiger charge is -2.22. The van der Waals surface area contributed by atoms with Crippen LogP contribution in [0.3, 0.4) is 0 Å². The molecule has 0 spiro atoms. The first-order valence-electron chi connectivity index (χ1n) is 11.7. The summed E-state index contributed by atoms with van der Waals surface area (Å²) in [6, 6.07) is 19.6. The molecule has 0 aliphatic rings. The SMILES string of the molecule is CCOc1cc(/C=N\NC(=O)CN(c2ccc(OC)c(OC)c2)S(C)(=O)=O)ccc1OCc1ccccc1. The van der Waals surface area contributed by atoms with Crippen molar-refractivity contribution < 1.29 is 32.2 Å². The highest BCUT2D eigenvalue weighted by Gasteiger charge is 2.22. The Kier molecular flexibility index (Phi) is 9.94. The molecule has 1 N–H and O–H groups in total. The van der Waals surface area contributed by atoms with Gasteiger partial charge in [-0.25, -0.2) is 13.8 Å². The minimum atomic E-state index is -3.78. The number of benzene rings is 3. The molecule has 0 aliphatic carbocycles. The maximum Gasteiger partial charge on any atom is 0.260 e. The summed E-state index contributed by atoms with van der Waals surface area (Å²) in [7, 11) is -0.874. The summed E-state index contributed by atoms with van der Waals surface area (Å²) in [6.45, 7) is 2.22. The van der Waals surface area contributed by atoms with E-state index in [1.54, 1.807) is 24.3 Å². The maximum atomic E-state index is 12.6. The molecule has 0 saturated carbocycles. The lowest BCUT2D eigenvalue weighted by molar-refractivity contribution is -0.119. The van der Waals surface area contributed by atoms with Crippen molar-refractivity contribution >= 4 is 27.8 Å². The van der Waals surface area contributed by atoms with Crippen molar-refractivity contribution in [2.24, 2.45) is 5.10 Å². The van der Waals surface area contributed by atoms with Gasteiger partial charge >= 0.3 is 0 Å². The molecule has 10 nitrogen and oxygen atoms in total. The Morgan fingerprint density at radius 1 is 0.921 bits per heavy atom. The summed E-state index contributed by atoms with van der Waals surface area (Å²) >= 11 is 0. The number of nitrogens with one attached hydrogen (secondary N) is 1. The van der Waals surface area contributed by atoms with E-state index in [-0.39, 0.29) is 5.69 Å². The Hall–Kier alpha value is -4.25. The largest absolute Gasteiger partial charge is 0.493 e. The molecule has 0 heterocycles. The van der Waals surface area contributed by atoms with E-state index >= 15 is 0 Å². The molecule has 0 fully saturated rings. The molecule has 0 bridgehead atoms. The number of nitrogens with zero attached hydrogens (tertiary/aromatic N) is 2. The second-order valence-electron chi connectivity index (χ2n) is 8.02. The third-order valence-electron chi connectivity index (χ3n) is 5.25. The summed E-state index contributed by atoms with van der Waals surface area (Å²) in [5.41, 5.74) is 4.29. The van der Waals surface area contributed by atoms with Gasteiger partial charge in [0, 0.05) is 6.07 Å². The predicted molar refractivity (Wildman–Crippen MR) is 146 cm³/mol. The number of ether oxygens (including phenoxy) is 4. The van der Waals surface area contributed by atoms with Gasteiger partial charge in [-0.2, -0.15) is 5.10 Å². The molecule has 11 heteroatoms. The molecule has 1 amide bonds. The van der Waals surface area contributed by atoms with Crippen LogP contribution >= 0.6 is 0 Å². The summed E-state index contributed by atoms with van der Waals surface area (Å²) in [4.78, 5) is 12.6. The quantitative estimate of drug-likeness (QED) is 0.260. The van der Waals surface area contributed by atoms with Crippen LogP contribution in [0, 0.1) is 0 Å². The molecule has 3 rings (SSSR count). The van der Waals surface area contributed by atoms with Gasteiger partial charge in [0.2, 0.25) is 10.0 Å². The molecule has 0 aliphatic heterocycles. The number of carbonyl (C=O) groups is 1. The van der Waals surface area contributed by atoms with Crippen molar-refractivity contribution in [1.29, 1.82) is 0 Å². The molecule has 0 saturated heterocycles. The average Bonchev–Trinajstić information content (AvgIpc) is 2.91. The van der Waals surface area contributed by atoms with Gasteiger partial charge in [0.15, 0.2) is 23.0 Å². The van der Waals surface area contributed by atoms with Crippen LogP contribution in [0.4, 0.5) is 5.69 Å². The number of sulfonamides is 1. The number of amides is 1. The summed E-state index contributed by atoms with van der Waals surface area (Å²) in [5, 5.41) is 3.97. The highest BCUT2D eigenvalue weighted by molar-refractivity contribution is 7.92. The fourth-order valence-corrected chi connectivity index (χ4v) is 4.30. The summed E-state index contributed by atoms with van der Waals surface area (Å²) in [6.07, 6.45) is 2.44. The van der Waals surface area contributed by atoms with Crippen molar-refractivity contribution in [2.75, 3.05) is 37.9 Å². The van der Waals surface area contributed by atoms with Crippen LogP contribution in [0.15, 0.2) is 71.8 Å². The van der Waals surface area contributed by atoms with Gasteiger partial charge in [-0.1, -0.05) is 30.3 Å². The van der Waals surface area contributed by atoms with Crippen LogP contribution in [0.25, 0.3) is 0 Å². The van der Waals surface area contributed by atoms with E-state index in [9.17, 15) is 13.2 Å². The molecule has 202 valence electrons. The first-order valence-corrected chi connectivity index (χ1v) is 13.5. The van der Waals surface area contributed by atoms with Crippen molar-refractivity contribution in [3.05, 3.63) is 77.9 Å². The van der Waals surface area contributed by atoms with Gasteiger partial charge in [0.05, 0.1) is 39.0 Å². The van der Waals surface area contributed by atoms with Crippen molar-refractivity contribution in [3.8, 4) is 23.0 Å². The van der Waals surface area contributed by atoms with E-state index in [2.05, 4.69) is 10.5 Å². The summed E-state index contributed by atoms with van der Waals surface area (Å²) < 4.78 is 47.8. The predicted octanol–water partition coefficient (Wildman–Crippen LogP) is 3.60. The minimum Gasteiger partial charge on any atom is -0.493 e. The van der Waals surface area contributed by atoms with Gasteiger partial charge in [0.1, 0.15) is 13.2 Å². The Labute approximate surface area is 222 Å². The van der Waals surface area contributed by atoms with Crippen LogP contribution in [-0.2, 0) is 21.4 Å². The number of carbonyl (C=O) groups excluding carboxylic acids is 1. The zero-order chi connectivity index (χ0) is 27.5.